The minimum absolute atomic E-state index is 0.307. The minimum atomic E-state index is -0.307. The molecular weight excluding hydrogens is 329 g/mol. The number of fused-ring (bicyclic) bond motifs is 1. The van der Waals surface area contributed by atoms with Gasteiger partial charge in [0, 0.05) is 22.2 Å². The topological polar surface area (TPSA) is 66.5 Å². The lowest BCUT2D eigenvalue weighted by Crippen LogP contribution is -2.04. The van der Waals surface area contributed by atoms with Gasteiger partial charge in [0.2, 0.25) is 0 Å². The van der Waals surface area contributed by atoms with Crippen molar-refractivity contribution in [2.45, 2.75) is 20.8 Å². The third-order valence-electron chi connectivity index (χ3n) is 4.54. The van der Waals surface area contributed by atoms with E-state index in [1.54, 1.807) is 6.07 Å². The molecule has 4 rings (SSSR count). The van der Waals surface area contributed by atoms with Crippen molar-refractivity contribution in [1.29, 1.82) is 0 Å². The molecule has 0 spiro atoms. The predicted molar refractivity (Wildman–Crippen MR) is 101 cm³/mol. The fourth-order valence-electron chi connectivity index (χ4n) is 2.89. The molecule has 0 atom stereocenters. The van der Waals surface area contributed by atoms with Crippen molar-refractivity contribution >= 4 is 22.5 Å². The summed E-state index contributed by atoms with van der Waals surface area (Å²) in [4.78, 5) is 9.33. The summed E-state index contributed by atoms with van der Waals surface area (Å²) in [5.41, 5.74) is 4.66. The number of aromatic nitrogens is 4. The summed E-state index contributed by atoms with van der Waals surface area (Å²) in [6, 6.07) is 12.5. The summed E-state index contributed by atoms with van der Waals surface area (Å²) in [5, 5.41) is 11.1. The van der Waals surface area contributed by atoms with Crippen LogP contribution in [0, 0.1) is 26.6 Å². The molecule has 0 saturated carbocycles. The lowest BCUT2D eigenvalue weighted by molar-refractivity contribution is 0.630. The Kier molecular flexibility index (Phi) is 3.88. The molecule has 6 heteroatoms. The van der Waals surface area contributed by atoms with Crippen molar-refractivity contribution in [2.75, 3.05) is 5.32 Å². The van der Waals surface area contributed by atoms with Crippen LogP contribution in [0.4, 0.5) is 16.0 Å². The first-order chi connectivity index (χ1) is 12.5. The summed E-state index contributed by atoms with van der Waals surface area (Å²) in [5.74, 6) is 1.54. The first kappa shape index (κ1) is 16.2. The maximum absolute atomic E-state index is 13.6. The van der Waals surface area contributed by atoms with E-state index >= 15 is 0 Å². The highest BCUT2D eigenvalue weighted by Gasteiger charge is 2.14. The van der Waals surface area contributed by atoms with Crippen molar-refractivity contribution in [3.8, 4) is 11.4 Å². The number of H-pyrrole nitrogens is 1. The maximum atomic E-state index is 13.6. The van der Waals surface area contributed by atoms with Crippen LogP contribution < -0.4 is 5.32 Å². The van der Waals surface area contributed by atoms with Crippen molar-refractivity contribution in [3.05, 3.63) is 65.1 Å². The van der Waals surface area contributed by atoms with Gasteiger partial charge in [-0.2, -0.15) is 5.10 Å². The maximum Gasteiger partial charge on any atom is 0.162 e. The van der Waals surface area contributed by atoms with E-state index in [0.29, 0.717) is 22.8 Å². The largest absolute Gasteiger partial charge is 0.323 e. The fraction of sp³-hybridized carbons (Fsp3) is 0.150. The third kappa shape index (κ3) is 2.79. The zero-order valence-corrected chi connectivity index (χ0v) is 14.8. The van der Waals surface area contributed by atoms with E-state index in [1.807, 2.05) is 45.0 Å². The van der Waals surface area contributed by atoms with E-state index in [2.05, 4.69) is 20.5 Å². The second-order valence-electron chi connectivity index (χ2n) is 6.31. The highest BCUT2D eigenvalue weighted by molar-refractivity contribution is 5.91. The molecule has 0 fully saturated rings. The molecule has 130 valence electrons. The number of hydrogen-bond acceptors (Lipinski definition) is 4. The number of nitrogens with zero attached hydrogens (tertiary/aromatic N) is 3. The van der Waals surface area contributed by atoms with Crippen LogP contribution in [0.2, 0.25) is 0 Å². The van der Waals surface area contributed by atoms with Crippen LogP contribution in [0.5, 0.6) is 0 Å². The smallest absolute Gasteiger partial charge is 0.162 e. The Morgan fingerprint density at radius 1 is 0.962 bits per heavy atom. The second kappa shape index (κ2) is 6.22. The second-order valence-corrected chi connectivity index (χ2v) is 6.31. The summed E-state index contributed by atoms with van der Waals surface area (Å²) >= 11 is 0. The van der Waals surface area contributed by atoms with Crippen LogP contribution in [0.15, 0.2) is 42.5 Å². The summed E-state index contributed by atoms with van der Waals surface area (Å²) in [6.07, 6.45) is 0. The fourth-order valence-corrected chi connectivity index (χ4v) is 2.89. The zero-order chi connectivity index (χ0) is 18.3. The average molecular weight is 347 g/mol. The van der Waals surface area contributed by atoms with Crippen molar-refractivity contribution in [3.63, 3.8) is 0 Å². The first-order valence-electron chi connectivity index (χ1n) is 8.35. The highest BCUT2D eigenvalue weighted by atomic mass is 19.1. The lowest BCUT2D eigenvalue weighted by Gasteiger charge is -2.12. The van der Waals surface area contributed by atoms with Gasteiger partial charge in [0.15, 0.2) is 11.6 Å². The summed E-state index contributed by atoms with van der Waals surface area (Å²) in [7, 11) is 0. The molecule has 0 saturated heterocycles. The molecule has 0 aliphatic carbocycles. The van der Waals surface area contributed by atoms with Gasteiger partial charge in [0.1, 0.15) is 11.6 Å². The molecule has 4 aromatic rings. The number of aryl methyl sites for hydroxylation is 2. The summed E-state index contributed by atoms with van der Waals surface area (Å²) < 4.78 is 13.6. The SMILES string of the molecule is Cc1ccccc1-c1nc(C)c(C)c(Nc2n[nH]c3ccc(F)cc23)n1. The number of nitrogens with one attached hydrogen (secondary N) is 2. The van der Waals surface area contributed by atoms with Crippen LogP contribution in [-0.2, 0) is 0 Å². The summed E-state index contributed by atoms with van der Waals surface area (Å²) in [6.45, 7) is 5.94. The molecule has 0 aliphatic rings. The van der Waals surface area contributed by atoms with Crippen LogP contribution in [0.25, 0.3) is 22.3 Å². The molecule has 0 aliphatic heterocycles. The number of benzene rings is 2. The van der Waals surface area contributed by atoms with E-state index in [1.165, 1.54) is 12.1 Å². The van der Waals surface area contributed by atoms with Crippen molar-refractivity contribution < 1.29 is 4.39 Å². The number of hydrogen-bond donors (Lipinski definition) is 2. The van der Waals surface area contributed by atoms with Crippen molar-refractivity contribution in [1.82, 2.24) is 20.2 Å². The molecule has 26 heavy (non-hydrogen) atoms. The van der Waals surface area contributed by atoms with E-state index in [-0.39, 0.29) is 5.82 Å². The Labute approximate surface area is 150 Å². The van der Waals surface area contributed by atoms with Crippen LogP contribution in [-0.4, -0.2) is 20.2 Å². The van der Waals surface area contributed by atoms with E-state index in [4.69, 9.17) is 4.98 Å². The molecule has 0 amide bonds. The van der Waals surface area contributed by atoms with E-state index in [9.17, 15) is 4.39 Å². The molecule has 2 N–H and O–H groups in total. The van der Waals surface area contributed by atoms with Gasteiger partial charge >= 0.3 is 0 Å². The molecular formula is C20H18FN5. The van der Waals surface area contributed by atoms with Gasteiger partial charge in [0.05, 0.1) is 5.52 Å². The third-order valence-corrected chi connectivity index (χ3v) is 4.54. The quantitative estimate of drug-likeness (QED) is 0.557. The van der Waals surface area contributed by atoms with Gasteiger partial charge in [-0.3, -0.25) is 5.10 Å². The van der Waals surface area contributed by atoms with Crippen molar-refractivity contribution in [2.24, 2.45) is 0 Å². The molecule has 5 nitrogen and oxygen atoms in total. The number of rotatable bonds is 3. The Balaban J connectivity index is 1.81. The Morgan fingerprint density at radius 3 is 2.58 bits per heavy atom. The van der Waals surface area contributed by atoms with Gasteiger partial charge in [-0.05, 0) is 44.5 Å². The van der Waals surface area contributed by atoms with E-state index < -0.39 is 0 Å². The molecule has 2 heterocycles. The molecule has 0 unspecified atom stereocenters. The Morgan fingerprint density at radius 2 is 1.77 bits per heavy atom. The number of anilines is 2. The van der Waals surface area contributed by atoms with Gasteiger partial charge < -0.3 is 5.32 Å². The predicted octanol–water partition coefficient (Wildman–Crippen LogP) is 4.83. The normalized spacial score (nSPS) is 11.1. The number of aromatic amines is 1. The first-order valence-corrected chi connectivity index (χ1v) is 8.35. The molecule has 2 aromatic heterocycles. The zero-order valence-electron chi connectivity index (χ0n) is 14.8. The Bertz CT molecular complexity index is 1120. The highest BCUT2D eigenvalue weighted by Crippen LogP contribution is 2.28. The molecule has 2 aromatic carbocycles. The van der Waals surface area contributed by atoms with Crippen LogP contribution >= 0.6 is 0 Å². The molecule has 0 bridgehead atoms. The standard InChI is InChI=1S/C20H18FN5/c1-11-6-4-5-7-15(11)19-22-13(3)12(2)18(23-19)24-20-16-10-14(21)8-9-17(16)25-26-20/h4-10H,1-3H3,(H2,22,23,24,25,26). The van der Waals surface area contributed by atoms with Gasteiger partial charge in [-0.15, -0.1) is 0 Å². The number of halogens is 1. The monoisotopic (exact) mass is 347 g/mol. The lowest BCUT2D eigenvalue weighted by atomic mass is 10.1. The van der Waals surface area contributed by atoms with E-state index in [0.717, 1.165) is 27.9 Å². The van der Waals surface area contributed by atoms with Crippen LogP contribution in [0.3, 0.4) is 0 Å². The van der Waals surface area contributed by atoms with Gasteiger partial charge in [-0.25, -0.2) is 14.4 Å². The van der Waals surface area contributed by atoms with Gasteiger partial charge in [-0.1, -0.05) is 24.3 Å². The average Bonchev–Trinajstić information content (AvgIpc) is 3.01. The van der Waals surface area contributed by atoms with Gasteiger partial charge in [0.25, 0.3) is 0 Å². The Hall–Kier alpha value is -3.28. The van der Waals surface area contributed by atoms with Crippen LogP contribution in [0.1, 0.15) is 16.8 Å². The molecule has 0 radical (unpaired) electrons. The minimum Gasteiger partial charge on any atom is -0.323 e.